The Morgan fingerprint density at radius 2 is 1.88 bits per heavy atom. The van der Waals surface area contributed by atoms with Crippen LogP contribution in [0.25, 0.3) is 10.2 Å². The number of nitrogens with one attached hydrogen (secondary N) is 1. The first-order valence-corrected chi connectivity index (χ1v) is 8.60. The van der Waals surface area contributed by atoms with Gasteiger partial charge in [-0.2, -0.15) is 5.10 Å². The molecule has 0 saturated carbocycles. The summed E-state index contributed by atoms with van der Waals surface area (Å²) in [6.45, 7) is 6.09. The van der Waals surface area contributed by atoms with Gasteiger partial charge >= 0.3 is 0 Å². The molecule has 2 aromatic heterocycles. The van der Waals surface area contributed by atoms with Gasteiger partial charge in [0.1, 0.15) is 11.2 Å². The van der Waals surface area contributed by atoms with Gasteiger partial charge in [0, 0.05) is 10.4 Å². The van der Waals surface area contributed by atoms with Crippen molar-refractivity contribution in [2.24, 2.45) is 5.10 Å². The third kappa shape index (κ3) is 3.28. The largest absolute Gasteiger partial charge is 0.493 e. The molecule has 0 unspecified atom stereocenters. The number of ether oxygens (including phenoxy) is 2. The van der Waals surface area contributed by atoms with E-state index in [1.807, 2.05) is 25.1 Å². The normalized spacial score (nSPS) is 11.6. The van der Waals surface area contributed by atoms with Crippen LogP contribution in [0.3, 0.4) is 0 Å². The number of hydrazone groups is 1. The molecule has 130 valence electrons. The fraction of sp³-hybridized carbons (Fsp3) is 0.278. The van der Waals surface area contributed by atoms with Gasteiger partial charge in [-0.25, -0.2) is 9.97 Å². The van der Waals surface area contributed by atoms with Crippen molar-refractivity contribution in [3.05, 3.63) is 40.5 Å². The topological polar surface area (TPSA) is 68.6 Å². The third-order valence-electron chi connectivity index (χ3n) is 4.10. The first-order chi connectivity index (χ1) is 12.0. The second kappa shape index (κ2) is 7.06. The summed E-state index contributed by atoms with van der Waals surface area (Å²) in [7, 11) is 3.23. The van der Waals surface area contributed by atoms with E-state index in [4.69, 9.17) is 9.47 Å². The van der Waals surface area contributed by atoms with Crippen molar-refractivity contribution in [3.63, 3.8) is 0 Å². The summed E-state index contributed by atoms with van der Waals surface area (Å²) in [6.07, 6.45) is 1.56. The number of fused-ring (bicyclic) bond motifs is 1. The van der Waals surface area contributed by atoms with Crippen molar-refractivity contribution in [2.75, 3.05) is 19.6 Å². The summed E-state index contributed by atoms with van der Waals surface area (Å²) in [5.41, 5.74) is 6.02. The zero-order valence-electron chi connectivity index (χ0n) is 14.9. The van der Waals surface area contributed by atoms with E-state index >= 15 is 0 Å². The van der Waals surface area contributed by atoms with Crippen LogP contribution in [0.15, 0.2) is 29.6 Å². The van der Waals surface area contributed by atoms with Crippen LogP contribution in [0, 0.1) is 13.8 Å². The molecule has 0 spiro atoms. The Bertz CT molecular complexity index is 950. The minimum atomic E-state index is 0.670. The first kappa shape index (κ1) is 17.2. The van der Waals surface area contributed by atoms with Crippen LogP contribution >= 0.6 is 11.3 Å². The van der Waals surface area contributed by atoms with Gasteiger partial charge in [0.2, 0.25) is 0 Å². The Kier molecular flexibility index (Phi) is 4.85. The monoisotopic (exact) mass is 356 g/mol. The summed E-state index contributed by atoms with van der Waals surface area (Å²) < 4.78 is 10.6. The van der Waals surface area contributed by atoms with Gasteiger partial charge in [-0.1, -0.05) is 0 Å². The molecule has 0 amide bonds. The molecule has 7 heteroatoms. The molecule has 3 aromatic rings. The highest BCUT2D eigenvalue weighted by Gasteiger charge is 2.12. The smallest absolute Gasteiger partial charge is 0.161 e. The van der Waals surface area contributed by atoms with Crippen molar-refractivity contribution in [3.8, 4) is 11.5 Å². The number of anilines is 1. The van der Waals surface area contributed by atoms with E-state index in [-0.39, 0.29) is 0 Å². The molecule has 1 aromatic carbocycles. The summed E-state index contributed by atoms with van der Waals surface area (Å²) in [5, 5.41) is 5.50. The standard InChI is InChI=1S/C18H20N4O2S/c1-10-12(3)25-18-16(10)17(19-9-20-18)22-21-11(2)13-6-7-14(23-4)15(8-13)24-5/h6-9H,1-5H3,(H,19,20,22)/b21-11+. The van der Waals surface area contributed by atoms with Crippen LogP contribution in [0.4, 0.5) is 5.82 Å². The van der Waals surface area contributed by atoms with Crippen LogP contribution in [0.2, 0.25) is 0 Å². The maximum absolute atomic E-state index is 5.35. The number of nitrogens with zero attached hydrogens (tertiary/aromatic N) is 3. The van der Waals surface area contributed by atoms with E-state index in [0.717, 1.165) is 21.5 Å². The number of hydrogen-bond donors (Lipinski definition) is 1. The van der Waals surface area contributed by atoms with Crippen LogP contribution in [-0.4, -0.2) is 29.9 Å². The highest BCUT2D eigenvalue weighted by atomic mass is 32.1. The van der Waals surface area contributed by atoms with Crippen LogP contribution in [0.5, 0.6) is 11.5 Å². The predicted molar refractivity (Wildman–Crippen MR) is 102 cm³/mol. The lowest BCUT2D eigenvalue weighted by atomic mass is 10.1. The van der Waals surface area contributed by atoms with Crippen molar-refractivity contribution in [2.45, 2.75) is 20.8 Å². The van der Waals surface area contributed by atoms with E-state index in [1.54, 1.807) is 31.9 Å². The van der Waals surface area contributed by atoms with Gasteiger partial charge in [-0.3, -0.25) is 5.43 Å². The fourth-order valence-corrected chi connectivity index (χ4v) is 3.53. The zero-order valence-corrected chi connectivity index (χ0v) is 15.7. The lowest BCUT2D eigenvalue weighted by Crippen LogP contribution is -2.02. The van der Waals surface area contributed by atoms with Crippen LogP contribution < -0.4 is 14.9 Å². The van der Waals surface area contributed by atoms with Crippen LogP contribution in [0.1, 0.15) is 22.9 Å². The quantitative estimate of drug-likeness (QED) is 0.549. The van der Waals surface area contributed by atoms with E-state index < -0.39 is 0 Å². The zero-order chi connectivity index (χ0) is 18.0. The van der Waals surface area contributed by atoms with E-state index in [9.17, 15) is 0 Å². The molecule has 0 aliphatic carbocycles. The Morgan fingerprint density at radius 3 is 2.60 bits per heavy atom. The molecule has 1 N–H and O–H groups in total. The molecule has 0 radical (unpaired) electrons. The molecule has 0 aliphatic rings. The number of rotatable bonds is 5. The highest BCUT2D eigenvalue weighted by Crippen LogP contribution is 2.32. The average Bonchev–Trinajstić information content (AvgIpc) is 2.93. The number of aryl methyl sites for hydroxylation is 2. The van der Waals surface area contributed by atoms with Crippen LogP contribution in [-0.2, 0) is 0 Å². The van der Waals surface area contributed by atoms with E-state index in [0.29, 0.717) is 17.3 Å². The molecule has 25 heavy (non-hydrogen) atoms. The SMILES string of the molecule is COc1ccc(/C(C)=N/Nc2ncnc3sc(C)c(C)c23)cc1OC. The van der Waals surface area contributed by atoms with Crippen molar-refractivity contribution >= 4 is 33.1 Å². The molecule has 0 atom stereocenters. The molecular formula is C18H20N4O2S. The van der Waals surface area contributed by atoms with Gasteiger partial charge in [-0.05, 0) is 44.5 Å². The molecule has 6 nitrogen and oxygen atoms in total. The van der Waals surface area contributed by atoms with Gasteiger partial charge < -0.3 is 9.47 Å². The number of benzene rings is 1. The van der Waals surface area contributed by atoms with Crippen molar-refractivity contribution < 1.29 is 9.47 Å². The van der Waals surface area contributed by atoms with Crippen molar-refractivity contribution in [1.82, 2.24) is 9.97 Å². The Hall–Kier alpha value is -2.67. The van der Waals surface area contributed by atoms with Crippen molar-refractivity contribution in [1.29, 1.82) is 0 Å². The van der Waals surface area contributed by atoms with Gasteiger partial charge in [-0.15, -0.1) is 11.3 Å². The minimum Gasteiger partial charge on any atom is -0.493 e. The molecule has 0 fully saturated rings. The van der Waals surface area contributed by atoms with Gasteiger partial charge in [0.15, 0.2) is 17.3 Å². The number of aromatic nitrogens is 2. The molecule has 3 rings (SSSR count). The Balaban J connectivity index is 1.92. The Morgan fingerprint density at radius 1 is 1.12 bits per heavy atom. The minimum absolute atomic E-state index is 0.670. The van der Waals surface area contributed by atoms with E-state index in [2.05, 4.69) is 34.3 Å². The fourth-order valence-electron chi connectivity index (χ4n) is 2.53. The first-order valence-electron chi connectivity index (χ1n) is 7.78. The number of thiophene rings is 1. The predicted octanol–water partition coefficient (Wildman–Crippen LogP) is 4.16. The number of methoxy groups -OCH3 is 2. The maximum Gasteiger partial charge on any atom is 0.161 e. The Labute approximate surface area is 150 Å². The second-order valence-electron chi connectivity index (χ2n) is 5.56. The summed E-state index contributed by atoms with van der Waals surface area (Å²) in [6, 6.07) is 5.70. The molecular weight excluding hydrogens is 336 g/mol. The number of hydrogen-bond acceptors (Lipinski definition) is 7. The third-order valence-corrected chi connectivity index (χ3v) is 5.21. The summed E-state index contributed by atoms with van der Waals surface area (Å²) in [4.78, 5) is 10.9. The second-order valence-corrected chi connectivity index (χ2v) is 6.77. The molecule has 2 heterocycles. The molecule has 0 aliphatic heterocycles. The van der Waals surface area contributed by atoms with E-state index in [1.165, 1.54) is 10.4 Å². The molecule has 0 saturated heterocycles. The highest BCUT2D eigenvalue weighted by molar-refractivity contribution is 7.18. The molecule has 0 bridgehead atoms. The van der Waals surface area contributed by atoms with Gasteiger partial charge in [0.05, 0.1) is 25.3 Å². The summed E-state index contributed by atoms with van der Waals surface area (Å²) in [5.74, 6) is 2.07. The van der Waals surface area contributed by atoms with Gasteiger partial charge in [0.25, 0.3) is 0 Å². The summed E-state index contributed by atoms with van der Waals surface area (Å²) >= 11 is 1.66. The average molecular weight is 356 g/mol. The maximum atomic E-state index is 5.35. The lowest BCUT2D eigenvalue weighted by molar-refractivity contribution is 0.355. The lowest BCUT2D eigenvalue weighted by Gasteiger charge is -2.10.